The van der Waals surface area contributed by atoms with Gasteiger partial charge in [-0.3, -0.25) is 9.59 Å². The summed E-state index contributed by atoms with van der Waals surface area (Å²) in [7, 11) is 0. The number of likely N-dealkylation sites (tertiary alicyclic amines) is 1. The molecular formula is C23H23FN2O4. The van der Waals surface area contributed by atoms with Crippen molar-refractivity contribution in [3.63, 3.8) is 0 Å². The van der Waals surface area contributed by atoms with E-state index < -0.39 is 11.7 Å². The predicted octanol–water partition coefficient (Wildman–Crippen LogP) is 3.08. The van der Waals surface area contributed by atoms with Crippen molar-refractivity contribution in [1.29, 1.82) is 0 Å². The average molecular weight is 410 g/mol. The van der Waals surface area contributed by atoms with Gasteiger partial charge < -0.3 is 19.7 Å². The number of fused-ring (bicyclic) bond motifs is 2. The number of carbonyl (C=O) groups is 2. The fourth-order valence-corrected chi connectivity index (χ4v) is 4.24. The molecule has 1 saturated heterocycles. The lowest BCUT2D eigenvalue weighted by Gasteiger charge is -2.39. The molecule has 2 aromatic rings. The van der Waals surface area contributed by atoms with Crippen LogP contribution < -0.4 is 10.1 Å². The number of aryl methyl sites for hydroxylation is 2. The van der Waals surface area contributed by atoms with Crippen molar-refractivity contribution in [2.24, 2.45) is 0 Å². The number of rotatable bonds is 4. The van der Waals surface area contributed by atoms with Crippen LogP contribution in [0.25, 0.3) is 0 Å². The molecule has 2 aromatic carbocycles. The number of nitrogens with one attached hydrogen (secondary N) is 1. The molecule has 0 aromatic heterocycles. The second-order valence-electron chi connectivity index (χ2n) is 8.12. The normalized spacial score (nSPS) is 18.0. The van der Waals surface area contributed by atoms with Gasteiger partial charge in [0, 0.05) is 19.2 Å². The van der Waals surface area contributed by atoms with Gasteiger partial charge in [-0.15, -0.1) is 0 Å². The van der Waals surface area contributed by atoms with Crippen LogP contribution in [0.4, 0.5) is 10.1 Å². The minimum atomic E-state index is -0.659. The van der Waals surface area contributed by atoms with Gasteiger partial charge in [-0.2, -0.15) is 0 Å². The summed E-state index contributed by atoms with van der Waals surface area (Å²) in [4.78, 5) is 25.7. The standard InChI is InChI=1S/C23H23FN2O4/c24-19-9-21-20(25-22(27)13-30-21)8-18(19)23(28)26-10-17(11-26)29-12-14-5-6-15-3-1-2-4-16(15)7-14/h5-9,17H,1-4,10-13H2,(H,25,27). The Morgan fingerprint density at radius 1 is 1.17 bits per heavy atom. The molecule has 7 heteroatoms. The van der Waals surface area contributed by atoms with E-state index in [4.69, 9.17) is 9.47 Å². The van der Waals surface area contributed by atoms with Crippen molar-refractivity contribution < 1.29 is 23.5 Å². The number of hydrogen-bond donors (Lipinski definition) is 1. The monoisotopic (exact) mass is 410 g/mol. The first-order valence-electron chi connectivity index (χ1n) is 10.3. The number of hydrogen-bond acceptors (Lipinski definition) is 4. The summed E-state index contributed by atoms with van der Waals surface area (Å²) in [6, 6.07) is 9.03. The summed E-state index contributed by atoms with van der Waals surface area (Å²) in [6.07, 6.45) is 4.73. The van der Waals surface area contributed by atoms with Crippen LogP contribution >= 0.6 is 0 Å². The van der Waals surface area contributed by atoms with Gasteiger partial charge in [-0.05, 0) is 48.4 Å². The highest BCUT2D eigenvalue weighted by Crippen LogP contribution is 2.32. The number of nitrogens with zero attached hydrogens (tertiary/aromatic N) is 1. The molecule has 2 heterocycles. The molecule has 1 aliphatic carbocycles. The molecule has 0 bridgehead atoms. The van der Waals surface area contributed by atoms with Crippen LogP contribution in [0.1, 0.15) is 39.9 Å². The van der Waals surface area contributed by atoms with E-state index in [1.54, 1.807) is 4.90 Å². The summed E-state index contributed by atoms with van der Waals surface area (Å²) in [5.74, 6) is -1.16. The minimum Gasteiger partial charge on any atom is -0.481 e. The van der Waals surface area contributed by atoms with E-state index >= 15 is 0 Å². The van der Waals surface area contributed by atoms with Crippen molar-refractivity contribution in [3.8, 4) is 5.75 Å². The second kappa shape index (κ2) is 7.72. The van der Waals surface area contributed by atoms with Gasteiger partial charge in [-0.1, -0.05) is 18.2 Å². The fraction of sp³-hybridized carbons (Fsp3) is 0.391. The number of halogens is 1. The zero-order valence-corrected chi connectivity index (χ0v) is 16.6. The van der Waals surface area contributed by atoms with E-state index in [-0.39, 0.29) is 29.9 Å². The van der Waals surface area contributed by atoms with Crippen molar-refractivity contribution >= 4 is 17.5 Å². The maximum atomic E-state index is 14.4. The molecule has 0 unspecified atom stereocenters. The Balaban J connectivity index is 1.18. The molecule has 5 rings (SSSR count). The molecule has 0 radical (unpaired) electrons. The maximum absolute atomic E-state index is 14.4. The highest BCUT2D eigenvalue weighted by Gasteiger charge is 2.34. The SMILES string of the molecule is O=C1COc2cc(F)c(C(=O)N3CC(OCc4ccc5c(c4)CCCC5)C3)cc2N1. The molecule has 30 heavy (non-hydrogen) atoms. The van der Waals surface area contributed by atoms with Gasteiger partial charge in [0.1, 0.15) is 11.6 Å². The van der Waals surface area contributed by atoms with E-state index in [9.17, 15) is 14.0 Å². The van der Waals surface area contributed by atoms with Crippen molar-refractivity contribution in [2.45, 2.75) is 38.4 Å². The van der Waals surface area contributed by atoms with E-state index in [2.05, 4.69) is 23.5 Å². The number of benzene rings is 2. The first kappa shape index (κ1) is 19.1. The first-order chi connectivity index (χ1) is 14.6. The minimum absolute atomic E-state index is 0.0614. The summed E-state index contributed by atoms with van der Waals surface area (Å²) < 4.78 is 25.5. The fourth-order valence-electron chi connectivity index (χ4n) is 4.24. The highest BCUT2D eigenvalue weighted by atomic mass is 19.1. The molecule has 1 N–H and O–H groups in total. The molecule has 2 aliphatic heterocycles. The Morgan fingerprint density at radius 3 is 2.80 bits per heavy atom. The van der Waals surface area contributed by atoms with Gasteiger partial charge in [-0.25, -0.2) is 4.39 Å². The highest BCUT2D eigenvalue weighted by molar-refractivity contribution is 6.00. The maximum Gasteiger partial charge on any atom is 0.262 e. The van der Waals surface area contributed by atoms with Crippen LogP contribution in [0.2, 0.25) is 0 Å². The first-order valence-corrected chi connectivity index (χ1v) is 10.3. The molecule has 0 spiro atoms. The van der Waals surface area contributed by atoms with Crippen LogP contribution in [-0.4, -0.2) is 42.5 Å². The second-order valence-corrected chi connectivity index (χ2v) is 8.12. The van der Waals surface area contributed by atoms with Crippen LogP contribution in [0.3, 0.4) is 0 Å². The van der Waals surface area contributed by atoms with Gasteiger partial charge in [0.2, 0.25) is 0 Å². The third-order valence-corrected chi connectivity index (χ3v) is 5.97. The molecule has 2 amide bonds. The van der Waals surface area contributed by atoms with Crippen molar-refractivity contribution in [1.82, 2.24) is 4.90 Å². The Kier molecular flexibility index (Phi) is 4.90. The lowest BCUT2D eigenvalue weighted by Crippen LogP contribution is -2.54. The van der Waals surface area contributed by atoms with Crippen LogP contribution in [0.15, 0.2) is 30.3 Å². The lowest BCUT2D eigenvalue weighted by atomic mass is 9.90. The summed E-state index contributed by atoms with van der Waals surface area (Å²) in [5.41, 5.74) is 4.26. The van der Waals surface area contributed by atoms with E-state index in [0.717, 1.165) is 24.5 Å². The molecule has 3 aliphatic rings. The van der Waals surface area contributed by atoms with Gasteiger partial charge in [0.05, 0.1) is 24.0 Å². The molecular weight excluding hydrogens is 387 g/mol. The van der Waals surface area contributed by atoms with Gasteiger partial charge >= 0.3 is 0 Å². The summed E-state index contributed by atoms with van der Waals surface area (Å²) in [6.45, 7) is 1.19. The molecule has 156 valence electrons. The number of carbonyl (C=O) groups excluding carboxylic acids is 2. The lowest BCUT2D eigenvalue weighted by molar-refractivity contribution is -0.118. The Hall–Kier alpha value is -2.93. The van der Waals surface area contributed by atoms with E-state index in [1.807, 2.05) is 0 Å². The third kappa shape index (κ3) is 3.65. The van der Waals surface area contributed by atoms with Gasteiger partial charge in [0.25, 0.3) is 11.8 Å². The van der Waals surface area contributed by atoms with E-state index in [1.165, 1.54) is 30.0 Å². The van der Waals surface area contributed by atoms with Crippen LogP contribution in [0.5, 0.6) is 5.75 Å². The Labute approximate surface area is 174 Å². The quantitative estimate of drug-likeness (QED) is 0.841. The summed E-state index contributed by atoms with van der Waals surface area (Å²) >= 11 is 0. The van der Waals surface area contributed by atoms with Crippen molar-refractivity contribution in [3.05, 3.63) is 58.4 Å². The van der Waals surface area contributed by atoms with Crippen LogP contribution in [0, 0.1) is 5.82 Å². The zero-order chi connectivity index (χ0) is 20.7. The van der Waals surface area contributed by atoms with Crippen LogP contribution in [-0.2, 0) is 29.0 Å². The zero-order valence-electron chi connectivity index (χ0n) is 16.6. The van der Waals surface area contributed by atoms with Gasteiger partial charge in [0.15, 0.2) is 6.61 Å². The molecule has 0 saturated carbocycles. The number of anilines is 1. The molecule has 6 nitrogen and oxygen atoms in total. The Morgan fingerprint density at radius 2 is 1.97 bits per heavy atom. The molecule has 1 fully saturated rings. The topological polar surface area (TPSA) is 67.9 Å². The average Bonchev–Trinajstić information content (AvgIpc) is 2.72. The number of ether oxygens (including phenoxy) is 2. The third-order valence-electron chi connectivity index (χ3n) is 5.97. The Bertz CT molecular complexity index is 1020. The van der Waals surface area contributed by atoms with Crippen molar-refractivity contribution in [2.75, 3.05) is 25.0 Å². The smallest absolute Gasteiger partial charge is 0.262 e. The summed E-state index contributed by atoms with van der Waals surface area (Å²) in [5, 5.41) is 2.60. The number of amides is 2. The molecule has 0 atom stereocenters. The predicted molar refractivity (Wildman–Crippen MR) is 108 cm³/mol. The van der Waals surface area contributed by atoms with E-state index in [0.29, 0.717) is 25.4 Å². The largest absolute Gasteiger partial charge is 0.481 e.